The fraction of sp³-hybridized carbons (Fsp3) is 0.800. The van der Waals surface area contributed by atoms with Crippen LogP contribution in [-0.2, 0) is 4.79 Å². The fourth-order valence-corrected chi connectivity index (χ4v) is 3.67. The Morgan fingerprint density at radius 1 is 1.38 bits per heavy atom. The zero-order valence-electron chi connectivity index (χ0n) is 10.9. The molecule has 0 radical (unpaired) electrons. The number of allylic oxidation sites excluding steroid dienone is 2. The van der Waals surface area contributed by atoms with E-state index in [-0.39, 0.29) is 5.41 Å². The molecule has 0 N–H and O–H groups in total. The Morgan fingerprint density at radius 3 is 2.81 bits per heavy atom. The summed E-state index contributed by atoms with van der Waals surface area (Å²) in [6.07, 6.45) is 10.5. The molecule has 16 heavy (non-hydrogen) atoms. The van der Waals surface area contributed by atoms with Gasteiger partial charge < -0.3 is 4.79 Å². The maximum atomic E-state index is 10.7. The van der Waals surface area contributed by atoms with Crippen LogP contribution in [-0.4, -0.2) is 6.29 Å². The number of aldehydes is 1. The third-order valence-corrected chi connectivity index (χ3v) is 4.83. The molecule has 0 saturated heterocycles. The second kappa shape index (κ2) is 4.01. The first-order chi connectivity index (χ1) is 7.47. The Morgan fingerprint density at radius 2 is 2.12 bits per heavy atom. The van der Waals surface area contributed by atoms with E-state index in [4.69, 9.17) is 0 Å². The summed E-state index contributed by atoms with van der Waals surface area (Å²) in [5.41, 5.74) is 2.37. The number of hydrogen-bond donors (Lipinski definition) is 0. The zero-order valence-corrected chi connectivity index (χ0v) is 10.9. The van der Waals surface area contributed by atoms with E-state index in [9.17, 15) is 4.79 Å². The molecule has 0 aromatic rings. The van der Waals surface area contributed by atoms with Crippen LogP contribution in [0.2, 0.25) is 0 Å². The molecule has 0 spiro atoms. The van der Waals surface area contributed by atoms with Gasteiger partial charge in [0.1, 0.15) is 6.29 Å². The molecule has 1 nitrogen and oxygen atoms in total. The first-order valence-electron chi connectivity index (χ1n) is 6.59. The first-order valence-corrected chi connectivity index (χ1v) is 6.59. The van der Waals surface area contributed by atoms with Crippen molar-refractivity contribution in [1.82, 2.24) is 0 Å². The van der Waals surface area contributed by atoms with Crippen LogP contribution in [0.1, 0.15) is 59.3 Å². The lowest BCUT2D eigenvalue weighted by molar-refractivity contribution is -0.110. The highest BCUT2D eigenvalue weighted by atomic mass is 16.1. The third kappa shape index (κ3) is 2.09. The molecule has 0 heterocycles. The van der Waals surface area contributed by atoms with E-state index >= 15 is 0 Å². The highest BCUT2D eigenvalue weighted by molar-refractivity contribution is 5.51. The predicted molar refractivity (Wildman–Crippen MR) is 67.2 cm³/mol. The molecular formula is C15H24O. The quantitative estimate of drug-likeness (QED) is 0.505. The maximum Gasteiger partial charge on any atom is 0.120 e. The topological polar surface area (TPSA) is 17.1 Å². The molecule has 2 rings (SSSR count). The van der Waals surface area contributed by atoms with Crippen molar-refractivity contribution in [2.75, 3.05) is 0 Å². The van der Waals surface area contributed by atoms with Crippen molar-refractivity contribution in [2.24, 2.45) is 16.7 Å². The van der Waals surface area contributed by atoms with Crippen molar-refractivity contribution in [1.29, 1.82) is 0 Å². The van der Waals surface area contributed by atoms with E-state index in [1.165, 1.54) is 25.7 Å². The SMILES string of the molecule is CC1(C)CCC=C2C[C@@](C)(CC=O)CC[C@H]21. The summed E-state index contributed by atoms with van der Waals surface area (Å²) in [7, 11) is 0. The molecule has 0 aliphatic heterocycles. The summed E-state index contributed by atoms with van der Waals surface area (Å²) in [6.45, 7) is 7.10. The van der Waals surface area contributed by atoms with Crippen molar-refractivity contribution >= 4 is 6.29 Å². The van der Waals surface area contributed by atoms with Crippen LogP contribution in [0.15, 0.2) is 11.6 Å². The van der Waals surface area contributed by atoms with Crippen molar-refractivity contribution in [2.45, 2.75) is 59.3 Å². The summed E-state index contributed by atoms with van der Waals surface area (Å²) < 4.78 is 0. The van der Waals surface area contributed by atoms with Crippen molar-refractivity contribution < 1.29 is 4.79 Å². The van der Waals surface area contributed by atoms with Gasteiger partial charge in [-0.15, -0.1) is 0 Å². The normalized spacial score (nSPS) is 37.4. The Labute approximate surface area is 99.3 Å². The Balaban J connectivity index is 2.17. The van der Waals surface area contributed by atoms with Crippen molar-refractivity contribution in [3.8, 4) is 0 Å². The lowest BCUT2D eigenvalue weighted by Crippen LogP contribution is -2.36. The van der Waals surface area contributed by atoms with Gasteiger partial charge in [-0.05, 0) is 48.9 Å². The highest BCUT2D eigenvalue weighted by Gasteiger charge is 2.41. The maximum absolute atomic E-state index is 10.7. The van der Waals surface area contributed by atoms with Crippen LogP contribution in [0.5, 0.6) is 0 Å². The molecule has 1 heteroatoms. The number of hydrogen-bond acceptors (Lipinski definition) is 1. The molecule has 1 saturated carbocycles. The lowest BCUT2D eigenvalue weighted by atomic mass is 9.58. The number of rotatable bonds is 2. The number of carbonyl (C=O) groups excluding carboxylic acids is 1. The zero-order chi connectivity index (χ0) is 11.8. The minimum Gasteiger partial charge on any atom is -0.303 e. The van der Waals surface area contributed by atoms with E-state index in [1.807, 2.05) is 0 Å². The average Bonchev–Trinajstić information content (AvgIpc) is 2.16. The molecule has 0 amide bonds. The number of carbonyl (C=O) groups is 1. The highest BCUT2D eigenvalue weighted by Crippen LogP contribution is 2.53. The minimum absolute atomic E-state index is 0.248. The molecule has 2 aliphatic rings. The molecule has 0 unspecified atom stereocenters. The lowest BCUT2D eigenvalue weighted by Gasteiger charge is -2.47. The van der Waals surface area contributed by atoms with Crippen LogP contribution < -0.4 is 0 Å². The van der Waals surface area contributed by atoms with Gasteiger partial charge in [-0.2, -0.15) is 0 Å². The molecule has 0 aromatic carbocycles. The van der Waals surface area contributed by atoms with E-state index in [0.29, 0.717) is 5.41 Å². The second-order valence-electron chi connectivity index (χ2n) is 6.76. The summed E-state index contributed by atoms with van der Waals surface area (Å²) in [4.78, 5) is 10.7. The van der Waals surface area contributed by atoms with Gasteiger partial charge in [0.05, 0.1) is 0 Å². The Bertz CT molecular complexity index is 313. The molecule has 2 atom stereocenters. The molecular weight excluding hydrogens is 196 g/mol. The smallest absolute Gasteiger partial charge is 0.120 e. The van der Waals surface area contributed by atoms with Gasteiger partial charge in [0.2, 0.25) is 0 Å². The van der Waals surface area contributed by atoms with Crippen LogP contribution in [0.3, 0.4) is 0 Å². The third-order valence-electron chi connectivity index (χ3n) is 4.83. The molecule has 1 fully saturated rings. The van der Waals surface area contributed by atoms with Gasteiger partial charge in [0.25, 0.3) is 0 Å². The van der Waals surface area contributed by atoms with E-state index in [0.717, 1.165) is 25.0 Å². The van der Waals surface area contributed by atoms with Crippen molar-refractivity contribution in [3.05, 3.63) is 11.6 Å². The van der Waals surface area contributed by atoms with Gasteiger partial charge in [-0.3, -0.25) is 0 Å². The van der Waals surface area contributed by atoms with Gasteiger partial charge in [0, 0.05) is 6.42 Å². The molecule has 2 aliphatic carbocycles. The van der Waals surface area contributed by atoms with Gasteiger partial charge in [-0.1, -0.05) is 32.4 Å². The van der Waals surface area contributed by atoms with Crippen LogP contribution in [0, 0.1) is 16.7 Å². The van der Waals surface area contributed by atoms with Crippen LogP contribution in [0.25, 0.3) is 0 Å². The van der Waals surface area contributed by atoms with E-state index in [1.54, 1.807) is 5.57 Å². The van der Waals surface area contributed by atoms with Crippen molar-refractivity contribution in [3.63, 3.8) is 0 Å². The minimum atomic E-state index is 0.248. The van der Waals surface area contributed by atoms with E-state index < -0.39 is 0 Å². The Hall–Kier alpha value is -0.590. The monoisotopic (exact) mass is 220 g/mol. The molecule has 0 aromatic heterocycles. The van der Waals surface area contributed by atoms with E-state index in [2.05, 4.69) is 26.8 Å². The molecule has 90 valence electrons. The largest absolute Gasteiger partial charge is 0.303 e. The van der Waals surface area contributed by atoms with Gasteiger partial charge in [-0.25, -0.2) is 0 Å². The standard InChI is InChI=1S/C15H24O/c1-14(2)7-4-5-12-11-15(3,9-10-16)8-6-13(12)14/h5,10,13H,4,6-9,11H2,1-3H3/t13-,15-/m1/s1. The molecule has 0 bridgehead atoms. The second-order valence-corrected chi connectivity index (χ2v) is 6.76. The summed E-state index contributed by atoms with van der Waals surface area (Å²) in [5, 5.41) is 0. The Kier molecular flexibility index (Phi) is 2.98. The summed E-state index contributed by atoms with van der Waals surface area (Å²) >= 11 is 0. The average molecular weight is 220 g/mol. The number of fused-ring (bicyclic) bond motifs is 1. The summed E-state index contributed by atoms with van der Waals surface area (Å²) in [5.74, 6) is 0.779. The fourth-order valence-electron chi connectivity index (χ4n) is 3.67. The van der Waals surface area contributed by atoms with Crippen LogP contribution in [0.4, 0.5) is 0 Å². The predicted octanol–water partition coefficient (Wildman–Crippen LogP) is 4.13. The van der Waals surface area contributed by atoms with Gasteiger partial charge >= 0.3 is 0 Å². The first kappa shape index (κ1) is 11.9. The van der Waals surface area contributed by atoms with Gasteiger partial charge in [0.15, 0.2) is 0 Å². The van der Waals surface area contributed by atoms with Crippen LogP contribution >= 0.6 is 0 Å². The summed E-state index contributed by atoms with van der Waals surface area (Å²) in [6, 6.07) is 0.